The first kappa shape index (κ1) is 15.9. The Morgan fingerprint density at radius 2 is 2.04 bits per heavy atom. The molecule has 0 fully saturated rings. The van der Waals surface area contributed by atoms with Crippen LogP contribution in [0.1, 0.15) is 11.3 Å². The maximum Gasteiger partial charge on any atom is 0.165 e. The van der Waals surface area contributed by atoms with Crippen LogP contribution in [0.3, 0.4) is 0 Å². The lowest BCUT2D eigenvalue weighted by Gasteiger charge is -2.14. The zero-order valence-corrected chi connectivity index (χ0v) is 14.5. The predicted molar refractivity (Wildman–Crippen MR) is 96.0 cm³/mol. The van der Waals surface area contributed by atoms with Crippen LogP contribution in [-0.2, 0) is 13.1 Å². The highest BCUT2D eigenvalue weighted by Gasteiger charge is 2.17. The smallest absolute Gasteiger partial charge is 0.165 e. The molecule has 1 N–H and O–H groups in total. The molecule has 0 aliphatic carbocycles. The summed E-state index contributed by atoms with van der Waals surface area (Å²) >= 11 is 12.3. The van der Waals surface area contributed by atoms with Crippen LogP contribution >= 0.6 is 23.2 Å². The number of halogens is 2. The summed E-state index contributed by atoms with van der Waals surface area (Å²) in [5.41, 5.74) is 1.58. The first-order chi connectivity index (χ1) is 12.2. The molecule has 2 aliphatic rings. The van der Waals surface area contributed by atoms with Crippen molar-refractivity contribution < 1.29 is 4.42 Å². The Labute approximate surface area is 153 Å². The maximum absolute atomic E-state index is 6.26. The fourth-order valence-corrected chi connectivity index (χ4v) is 2.93. The highest BCUT2D eigenvalue weighted by molar-refractivity contribution is 6.33. The third-order valence-electron chi connectivity index (χ3n) is 3.76. The lowest BCUT2D eigenvalue weighted by Crippen LogP contribution is -2.11. The minimum atomic E-state index is 0.500. The van der Waals surface area contributed by atoms with E-state index in [1.54, 1.807) is 24.7 Å². The molecule has 3 heterocycles. The van der Waals surface area contributed by atoms with Crippen molar-refractivity contribution in [3.8, 4) is 11.5 Å². The predicted octanol–water partition coefficient (Wildman–Crippen LogP) is 4.34. The molecule has 126 valence electrons. The van der Waals surface area contributed by atoms with Gasteiger partial charge in [0.2, 0.25) is 0 Å². The lowest BCUT2D eigenvalue weighted by atomic mass is 10.2. The van der Waals surface area contributed by atoms with E-state index in [9.17, 15) is 0 Å². The topological polar surface area (TPSA) is 68.8 Å². The van der Waals surface area contributed by atoms with Crippen molar-refractivity contribution in [3.05, 3.63) is 70.6 Å². The van der Waals surface area contributed by atoms with Gasteiger partial charge in [0.25, 0.3) is 0 Å². The molecule has 0 saturated heterocycles. The molecular formula is C17H13Cl2N5O. The summed E-state index contributed by atoms with van der Waals surface area (Å²) in [6, 6.07) is 9.11. The Hall–Kier alpha value is -2.57. The summed E-state index contributed by atoms with van der Waals surface area (Å²) in [5.74, 6) is 2.18. The molecule has 0 saturated carbocycles. The van der Waals surface area contributed by atoms with E-state index in [-0.39, 0.29) is 0 Å². The first-order valence-electron chi connectivity index (χ1n) is 7.57. The van der Waals surface area contributed by atoms with Crippen molar-refractivity contribution in [2.24, 2.45) is 0 Å². The molecule has 25 heavy (non-hydrogen) atoms. The summed E-state index contributed by atoms with van der Waals surface area (Å²) in [6.07, 6.45) is 4.86. The van der Waals surface area contributed by atoms with Gasteiger partial charge in [-0.25, -0.2) is 15.0 Å². The number of benzene rings is 1. The number of rotatable bonds is 5. The highest BCUT2D eigenvalue weighted by atomic mass is 35.5. The van der Waals surface area contributed by atoms with Gasteiger partial charge in [-0.1, -0.05) is 23.2 Å². The number of nitrogens with one attached hydrogen (secondary N) is 1. The molecular weight excluding hydrogens is 361 g/mol. The van der Waals surface area contributed by atoms with Gasteiger partial charge in [0.1, 0.15) is 12.1 Å². The van der Waals surface area contributed by atoms with E-state index in [1.807, 2.05) is 22.8 Å². The van der Waals surface area contributed by atoms with Gasteiger partial charge in [-0.15, -0.1) is 0 Å². The zero-order chi connectivity index (χ0) is 17.2. The van der Waals surface area contributed by atoms with Gasteiger partial charge >= 0.3 is 0 Å². The molecule has 0 bridgehead atoms. The van der Waals surface area contributed by atoms with Crippen molar-refractivity contribution in [1.82, 2.24) is 19.5 Å². The second-order valence-corrected chi connectivity index (χ2v) is 6.28. The number of furan rings is 1. The van der Waals surface area contributed by atoms with Gasteiger partial charge in [0, 0.05) is 10.0 Å². The molecule has 0 atom stereocenters. The van der Waals surface area contributed by atoms with Crippen LogP contribution in [0.4, 0.5) is 5.82 Å². The third-order valence-corrected chi connectivity index (χ3v) is 4.36. The van der Waals surface area contributed by atoms with Gasteiger partial charge in [0.05, 0.1) is 25.7 Å². The van der Waals surface area contributed by atoms with Crippen LogP contribution in [-0.4, -0.2) is 19.5 Å². The van der Waals surface area contributed by atoms with Crippen molar-refractivity contribution in [3.63, 3.8) is 0 Å². The standard InChI is InChI=1S/C17H13Cl2N5O/c18-12-3-4-14(19)11(6-12)8-24-10-23-16(15-17(24)22-9-21-15)20-7-13-2-1-5-25-13/h1-6,9-10,20H,7-8H2. The van der Waals surface area contributed by atoms with Gasteiger partial charge in [-0.2, -0.15) is 0 Å². The Bertz CT molecular complexity index is 967. The number of anilines is 1. The number of fused-ring (bicyclic) bond motifs is 1. The third kappa shape index (κ3) is 3.31. The van der Waals surface area contributed by atoms with E-state index in [0.717, 1.165) is 11.3 Å². The van der Waals surface area contributed by atoms with Crippen LogP contribution in [0.15, 0.2) is 53.7 Å². The number of imidazole rings is 1. The maximum atomic E-state index is 6.26. The van der Waals surface area contributed by atoms with Crippen molar-refractivity contribution >= 4 is 29.0 Å². The minimum absolute atomic E-state index is 0.500. The molecule has 0 unspecified atom stereocenters. The van der Waals surface area contributed by atoms with Crippen LogP contribution in [0.25, 0.3) is 11.5 Å². The molecule has 0 spiro atoms. The first-order valence-corrected chi connectivity index (χ1v) is 8.32. The van der Waals surface area contributed by atoms with Gasteiger partial charge in [0.15, 0.2) is 17.3 Å². The van der Waals surface area contributed by atoms with Crippen molar-refractivity contribution in [2.75, 3.05) is 5.32 Å². The van der Waals surface area contributed by atoms with E-state index >= 15 is 0 Å². The number of aromatic nitrogens is 4. The second-order valence-electron chi connectivity index (χ2n) is 5.44. The summed E-state index contributed by atoms with van der Waals surface area (Å²) in [7, 11) is 0. The Kier molecular flexibility index (Phi) is 4.29. The Morgan fingerprint density at radius 1 is 1.12 bits per heavy atom. The second kappa shape index (κ2) is 6.74. The van der Waals surface area contributed by atoms with Crippen LogP contribution in [0, 0.1) is 0 Å². The average molecular weight is 374 g/mol. The van der Waals surface area contributed by atoms with Crippen LogP contribution in [0.5, 0.6) is 0 Å². The average Bonchev–Trinajstić information content (AvgIpc) is 3.29. The minimum Gasteiger partial charge on any atom is -0.467 e. The fraction of sp³-hybridized carbons (Fsp3) is 0.118. The normalized spacial score (nSPS) is 11.1. The van der Waals surface area contributed by atoms with E-state index in [0.29, 0.717) is 40.5 Å². The monoisotopic (exact) mass is 373 g/mol. The quantitative estimate of drug-likeness (QED) is 0.563. The molecule has 1 aromatic heterocycles. The molecule has 2 aromatic rings. The number of nitrogens with zero attached hydrogens (tertiary/aromatic N) is 4. The van der Waals surface area contributed by atoms with Crippen molar-refractivity contribution in [1.29, 1.82) is 0 Å². The Morgan fingerprint density at radius 3 is 2.88 bits per heavy atom. The number of hydrogen-bond donors (Lipinski definition) is 1. The van der Waals surface area contributed by atoms with Gasteiger partial charge < -0.3 is 14.3 Å². The molecule has 8 heteroatoms. The van der Waals surface area contributed by atoms with E-state index in [1.165, 1.54) is 6.33 Å². The van der Waals surface area contributed by atoms with Crippen molar-refractivity contribution in [2.45, 2.75) is 13.1 Å². The largest absolute Gasteiger partial charge is 0.467 e. The molecule has 0 radical (unpaired) electrons. The van der Waals surface area contributed by atoms with E-state index < -0.39 is 0 Å². The molecule has 6 nitrogen and oxygen atoms in total. The fourth-order valence-electron chi connectivity index (χ4n) is 2.56. The molecule has 4 rings (SSSR count). The molecule has 2 aliphatic heterocycles. The van der Waals surface area contributed by atoms with Gasteiger partial charge in [-0.05, 0) is 35.9 Å². The van der Waals surface area contributed by atoms with Crippen LogP contribution in [0.2, 0.25) is 10.0 Å². The number of hydrogen-bond acceptors (Lipinski definition) is 5. The molecule has 1 aromatic carbocycles. The lowest BCUT2D eigenvalue weighted by molar-refractivity contribution is 0.517. The van der Waals surface area contributed by atoms with Crippen LogP contribution < -0.4 is 5.32 Å². The van der Waals surface area contributed by atoms with E-state index in [2.05, 4.69) is 20.3 Å². The summed E-state index contributed by atoms with van der Waals surface area (Å²) in [4.78, 5) is 13.1. The Balaban J connectivity index is 1.62. The SMILES string of the molecule is Clc1ccc(Cl)c(Cn2cnc(NCc3ccco3)c3ncnc2-3)c1. The zero-order valence-electron chi connectivity index (χ0n) is 13.0. The summed E-state index contributed by atoms with van der Waals surface area (Å²) in [6.45, 7) is 1.02. The summed E-state index contributed by atoms with van der Waals surface area (Å²) in [5, 5.41) is 4.50. The molecule has 0 amide bonds. The highest BCUT2D eigenvalue weighted by Crippen LogP contribution is 2.27. The van der Waals surface area contributed by atoms with E-state index in [4.69, 9.17) is 27.6 Å². The van der Waals surface area contributed by atoms with Gasteiger partial charge in [-0.3, -0.25) is 0 Å². The summed E-state index contributed by atoms with van der Waals surface area (Å²) < 4.78 is 7.20.